The quantitative estimate of drug-likeness (QED) is 0.894. The molecule has 2 aliphatic rings. The summed E-state index contributed by atoms with van der Waals surface area (Å²) in [6.45, 7) is 8.29. The molecule has 2 fully saturated rings. The van der Waals surface area contributed by atoms with Crippen LogP contribution in [0.3, 0.4) is 0 Å². The summed E-state index contributed by atoms with van der Waals surface area (Å²) >= 11 is 0. The van der Waals surface area contributed by atoms with Gasteiger partial charge < -0.3 is 19.9 Å². The predicted octanol–water partition coefficient (Wildman–Crippen LogP) is 1.04. The first-order valence-corrected chi connectivity index (χ1v) is 8.33. The van der Waals surface area contributed by atoms with Gasteiger partial charge in [0.1, 0.15) is 17.5 Å². The monoisotopic (exact) mass is 319 g/mol. The molecule has 0 saturated carbocycles. The van der Waals surface area contributed by atoms with Crippen molar-refractivity contribution in [2.24, 2.45) is 0 Å². The molecule has 0 bridgehead atoms. The molecule has 0 spiro atoms. The molecule has 7 nitrogen and oxygen atoms in total. The highest BCUT2D eigenvalue weighted by molar-refractivity contribution is 5.73. The molecule has 1 aromatic heterocycles. The van der Waals surface area contributed by atoms with Crippen molar-refractivity contribution >= 4 is 17.5 Å². The smallest absolute Gasteiger partial charge is 0.219 e. The van der Waals surface area contributed by atoms with Crippen LogP contribution in [0.15, 0.2) is 6.07 Å². The first kappa shape index (κ1) is 16.0. The minimum Gasteiger partial charge on any atom is -0.376 e. The van der Waals surface area contributed by atoms with Crippen molar-refractivity contribution in [3.63, 3.8) is 0 Å². The molecule has 0 aromatic carbocycles. The van der Waals surface area contributed by atoms with Crippen LogP contribution in [0.25, 0.3) is 0 Å². The molecule has 1 aromatic rings. The predicted molar refractivity (Wildman–Crippen MR) is 88.7 cm³/mol. The molecule has 1 amide bonds. The Morgan fingerprint density at radius 1 is 1.35 bits per heavy atom. The molecule has 0 radical (unpaired) electrons. The van der Waals surface area contributed by atoms with Crippen molar-refractivity contribution in [2.75, 3.05) is 49.5 Å². The van der Waals surface area contributed by atoms with Gasteiger partial charge in [0, 0.05) is 52.3 Å². The summed E-state index contributed by atoms with van der Waals surface area (Å²) in [4.78, 5) is 24.5. The zero-order valence-corrected chi connectivity index (χ0v) is 13.9. The largest absolute Gasteiger partial charge is 0.376 e. The number of hydrogen-bond donors (Lipinski definition) is 1. The van der Waals surface area contributed by atoms with Gasteiger partial charge in [-0.15, -0.1) is 0 Å². The number of hydrogen-bond acceptors (Lipinski definition) is 6. The van der Waals surface area contributed by atoms with Gasteiger partial charge in [-0.05, 0) is 19.8 Å². The highest BCUT2D eigenvalue weighted by atomic mass is 16.5. The van der Waals surface area contributed by atoms with E-state index >= 15 is 0 Å². The van der Waals surface area contributed by atoms with Gasteiger partial charge in [0.25, 0.3) is 0 Å². The molecule has 3 heterocycles. The number of rotatable bonds is 4. The van der Waals surface area contributed by atoms with Gasteiger partial charge >= 0.3 is 0 Å². The lowest BCUT2D eigenvalue weighted by Gasteiger charge is -2.35. The Morgan fingerprint density at radius 3 is 2.78 bits per heavy atom. The number of anilines is 2. The van der Waals surface area contributed by atoms with E-state index in [0.29, 0.717) is 0 Å². The maximum Gasteiger partial charge on any atom is 0.219 e. The second-order valence-electron chi connectivity index (χ2n) is 6.17. The van der Waals surface area contributed by atoms with Crippen LogP contribution in [0.1, 0.15) is 25.6 Å². The van der Waals surface area contributed by atoms with Gasteiger partial charge in [-0.25, -0.2) is 9.97 Å². The van der Waals surface area contributed by atoms with E-state index in [1.165, 1.54) is 0 Å². The molecule has 1 atom stereocenters. The number of ether oxygens (including phenoxy) is 1. The van der Waals surface area contributed by atoms with E-state index in [0.717, 1.165) is 69.6 Å². The van der Waals surface area contributed by atoms with E-state index in [1.54, 1.807) is 6.92 Å². The second-order valence-corrected chi connectivity index (χ2v) is 6.17. The van der Waals surface area contributed by atoms with Gasteiger partial charge in [0.15, 0.2) is 0 Å². The minimum atomic E-state index is 0.141. The van der Waals surface area contributed by atoms with Crippen LogP contribution >= 0.6 is 0 Å². The van der Waals surface area contributed by atoms with Crippen LogP contribution in [-0.4, -0.2) is 66.2 Å². The van der Waals surface area contributed by atoms with Gasteiger partial charge in [0.05, 0.1) is 6.10 Å². The first-order valence-electron chi connectivity index (χ1n) is 8.33. The summed E-state index contributed by atoms with van der Waals surface area (Å²) in [6.07, 6.45) is 2.53. The Hall–Kier alpha value is -1.89. The van der Waals surface area contributed by atoms with Crippen LogP contribution in [0.4, 0.5) is 11.6 Å². The van der Waals surface area contributed by atoms with Gasteiger partial charge in [-0.2, -0.15) is 0 Å². The highest BCUT2D eigenvalue weighted by Crippen LogP contribution is 2.19. The van der Waals surface area contributed by atoms with E-state index in [-0.39, 0.29) is 12.0 Å². The Kier molecular flexibility index (Phi) is 4.95. The molecule has 3 rings (SSSR count). The lowest BCUT2D eigenvalue weighted by atomic mass is 10.2. The Labute approximate surface area is 137 Å². The molecule has 7 heteroatoms. The standard InChI is InChI=1S/C16H25N5O2/c1-12-18-15(17-11-14-4-3-9-23-14)10-16(19-12)21-7-5-20(6-8-21)13(2)22/h10,14H,3-9,11H2,1-2H3,(H,17,18,19). The van der Waals surface area contributed by atoms with E-state index in [2.05, 4.69) is 20.2 Å². The van der Waals surface area contributed by atoms with Crippen molar-refractivity contribution in [3.05, 3.63) is 11.9 Å². The van der Waals surface area contributed by atoms with Gasteiger partial charge in [-0.3, -0.25) is 4.79 Å². The Morgan fingerprint density at radius 2 is 2.13 bits per heavy atom. The molecule has 23 heavy (non-hydrogen) atoms. The number of nitrogens with zero attached hydrogens (tertiary/aromatic N) is 4. The fourth-order valence-electron chi connectivity index (χ4n) is 3.08. The van der Waals surface area contributed by atoms with Crippen molar-refractivity contribution in [1.82, 2.24) is 14.9 Å². The van der Waals surface area contributed by atoms with Crippen molar-refractivity contribution < 1.29 is 9.53 Å². The van der Waals surface area contributed by atoms with Crippen LogP contribution in [0, 0.1) is 6.92 Å². The lowest BCUT2D eigenvalue weighted by molar-refractivity contribution is -0.129. The zero-order valence-electron chi connectivity index (χ0n) is 13.9. The van der Waals surface area contributed by atoms with Crippen LogP contribution < -0.4 is 10.2 Å². The van der Waals surface area contributed by atoms with E-state index in [1.807, 2.05) is 17.9 Å². The van der Waals surface area contributed by atoms with Crippen molar-refractivity contribution in [3.8, 4) is 0 Å². The number of amides is 1. The number of aromatic nitrogens is 2. The topological polar surface area (TPSA) is 70.6 Å². The summed E-state index contributed by atoms with van der Waals surface area (Å²) in [5.41, 5.74) is 0. The van der Waals surface area contributed by atoms with E-state index in [9.17, 15) is 4.79 Å². The van der Waals surface area contributed by atoms with Gasteiger partial charge in [0.2, 0.25) is 5.91 Å². The third-order valence-electron chi connectivity index (χ3n) is 4.41. The van der Waals surface area contributed by atoms with Crippen LogP contribution in [0.2, 0.25) is 0 Å². The number of nitrogens with one attached hydrogen (secondary N) is 1. The molecule has 126 valence electrons. The van der Waals surface area contributed by atoms with Crippen molar-refractivity contribution in [2.45, 2.75) is 32.8 Å². The SMILES string of the molecule is CC(=O)N1CCN(c2cc(NCC3CCCO3)nc(C)n2)CC1. The fourth-order valence-corrected chi connectivity index (χ4v) is 3.08. The summed E-state index contributed by atoms with van der Waals surface area (Å²) in [7, 11) is 0. The zero-order chi connectivity index (χ0) is 16.2. The fraction of sp³-hybridized carbons (Fsp3) is 0.688. The van der Waals surface area contributed by atoms with Crippen LogP contribution in [0.5, 0.6) is 0 Å². The number of carbonyl (C=O) groups is 1. The highest BCUT2D eigenvalue weighted by Gasteiger charge is 2.21. The maximum absolute atomic E-state index is 11.4. The molecule has 0 aliphatic carbocycles. The summed E-state index contributed by atoms with van der Waals surface area (Å²) in [5, 5.41) is 3.37. The average molecular weight is 319 g/mol. The summed E-state index contributed by atoms with van der Waals surface area (Å²) in [5.74, 6) is 2.67. The normalized spacial score (nSPS) is 21.6. The number of aryl methyl sites for hydroxylation is 1. The number of piperazine rings is 1. The third kappa shape index (κ3) is 4.10. The molecule has 1 unspecified atom stereocenters. The summed E-state index contributed by atoms with van der Waals surface area (Å²) in [6, 6.07) is 1.99. The maximum atomic E-state index is 11.4. The second kappa shape index (κ2) is 7.12. The Bertz CT molecular complexity index is 551. The molecule has 2 saturated heterocycles. The first-order chi connectivity index (χ1) is 11.1. The molecule has 2 aliphatic heterocycles. The molecule has 1 N–H and O–H groups in total. The Balaban J connectivity index is 1.62. The van der Waals surface area contributed by atoms with Crippen LogP contribution in [-0.2, 0) is 9.53 Å². The average Bonchev–Trinajstić information content (AvgIpc) is 3.06. The lowest BCUT2D eigenvalue weighted by Crippen LogP contribution is -2.48. The van der Waals surface area contributed by atoms with E-state index < -0.39 is 0 Å². The minimum absolute atomic E-state index is 0.141. The number of carbonyl (C=O) groups excluding carboxylic acids is 1. The molecular formula is C16H25N5O2. The van der Waals surface area contributed by atoms with Crippen molar-refractivity contribution in [1.29, 1.82) is 0 Å². The summed E-state index contributed by atoms with van der Waals surface area (Å²) < 4.78 is 5.63. The third-order valence-corrected chi connectivity index (χ3v) is 4.41. The van der Waals surface area contributed by atoms with Gasteiger partial charge in [-0.1, -0.05) is 0 Å². The van der Waals surface area contributed by atoms with E-state index in [4.69, 9.17) is 4.74 Å². The molecular weight excluding hydrogens is 294 g/mol.